The smallest absolute Gasteiger partial charge is 0.0213 e. The van der Waals surface area contributed by atoms with Crippen molar-refractivity contribution in [2.45, 2.75) is 50.0 Å². The second kappa shape index (κ2) is 4.40. The van der Waals surface area contributed by atoms with E-state index in [0.29, 0.717) is 11.5 Å². The average molecular weight is 294 g/mol. The Morgan fingerprint density at radius 2 is 1.76 bits per heavy atom. The highest BCUT2D eigenvalue weighted by atomic mass is 79.9. The van der Waals surface area contributed by atoms with Crippen LogP contribution in [-0.4, -0.2) is 6.04 Å². The molecule has 1 aromatic rings. The maximum absolute atomic E-state index is 6.31. The number of hydrogen-bond acceptors (Lipinski definition) is 1. The summed E-state index contributed by atoms with van der Waals surface area (Å²) in [5.41, 5.74) is 8.06. The molecule has 0 heterocycles. The lowest BCUT2D eigenvalue weighted by molar-refractivity contribution is 0.283. The summed E-state index contributed by atoms with van der Waals surface area (Å²) in [6.07, 6.45) is 8.12. The summed E-state index contributed by atoms with van der Waals surface area (Å²) < 4.78 is 1.25. The molecular formula is C15H20BrN. The van der Waals surface area contributed by atoms with Crippen LogP contribution < -0.4 is 5.73 Å². The summed E-state index contributed by atoms with van der Waals surface area (Å²) >= 11 is 3.71. The Hall–Kier alpha value is -0.340. The van der Waals surface area contributed by atoms with Crippen LogP contribution >= 0.6 is 15.9 Å². The maximum Gasteiger partial charge on any atom is 0.0213 e. The first kappa shape index (κ1) is 11.7. The molecule has 2 atom stereocenters. The SMILES string of the molecule is N[C@@H]1CC1(c1ccccc1Br)C1CCCCC1. The Morgan fingerprint density at radius 3 is 2.35 bits per heavy atom. The Balaban J connectivity index is 1.95. The fraction of sp³-hybridized carbons (Fsp3) is 0.600. The van der Waals surface area contributed by atoms with Gasteiger partial charge in [0.15, 0.2) is 0 Å². The lowest BCUT2D eigenvalue weighted by Gasteiger charge is -2.32. The molecule has 1 aromatic carbocycles. The van der Waals surface area contributed by atoms with Gasteiger partial charge in [-0.1, -0.05) is 53.4 Å². The molecule has 2 aliphatic carbocycles. The minimum atomic E-state index is 0.292. The summed E-state index contributed by atoms with van der Waals surface area (Å²) in [6, 6.07) is 9.05. The van der Waals surface area contributed by atoms with Crippen molar-refractivity contribution in [3.8, 4) is 0 Å². The third-order valence-corrected chi connectivity index (χ3v) is 5.46. The van der Waals surface area contributed by atoms with Crippen molar-refractivity contribution in [2.24, 2.45) is 11.7 Å². The van der Waals surface area contributed by atoms with E-state index in [9.17, 15) is 0 Å². The van der Waals surface area contributed by atoms with E-state index in [4.69, 9.17) is 5.73 Å². The zero-order chi connectivity index (χ0) is 11.9. The summed E-state index contributed by atoms with van der Waals surface area (Å²) in [5, 5.41) is 0. The average Bonchev–Trinajstić information content (AvgIpc) is 3.04. The Bertz CT molecular complexity index is 411. The number of rotatable bonds is 2. The van der Waals surface area contributed by atoms with Crippen LogP contribution in [0.5, 0.6) is 0 Å². The van der Waals surface area contributed by atoms with Gasteiger partial charge in [0.2, 0.25) is 0 Å². The molecular weight excluding hydrogens is 274 g/mol. The van der Waals surface area contributed by atoms with Gasteiger partial charge in [-0.05, 0) is 36.8 Å². The predicted molar refractivity (Wildman–Crippen MR) is 75.0 cm³/mol. The van der Waals surface area contributed by atoms with Crippen molar-refractivity contribution < 1.29 is 0 Å². The molecule has 2 fully saturated rings. The van der Waals surface area contributed by atoms with Gasteiger partial charge in [-0.15, -0.1) is 0 Å². The van der Waals surface area contributed by atoms with Crippen molar-refractivity contribution in [3.05, 3.63) is 34.3 Å². The minimum Gasteiger partial charge on any atom is -0.327 e. The van der Waals surface area contributed by atoms with Crippen LogP contribution in [0.25, 0.3) is 0 Å². The number of nitrogens with two attached hydrogens (primary N) is 1. The Morgan fingerprint density at radius 1 is 1.12 bits per heavy atom. The van der Waals surface area contributed by atoms with Crippen molar-refractivity contribution in [3.63, 3.8) is 0 Å². The first-order valence-corrected chi connectivity index (χ1v) is 7.55. The van der Waals surface area contributed by atoms with Crippen LogP contribution in [0.15, 0.2) is 28.7 Å². The first-order chi connectivity index (χ1) is 8.25. The van der Waals surface area contributed by atoms with Crippen molar-refractivity contribution in [2.75, 3.05) is 0 Å². The molecule has 2 N–H and O–H groups in total. The fourth-order valence-electron chi connectivity index (χ4n) is 3.76. The number of halogens is 1. The van der Waals surface area contributed by atoms with Gasteiger partial charge in [-0.2, -0.15) is 0 Å². The molecule has 0 aliphatic heterocycles. The van der Waals surface area contributed by atoms with E-state index in [-0.39, 0.29) is 0 Å². The summed E-state index contributed by atoms with van der Waals surface area (Å²) in [5.74, 6) is 0.810. The second-order valence-electron chi connectivity index (χ2n) is 5.67. The van der Waals surface area contributed by atoms with Crippen molar-refractivity contribution in [1.29, 1.82) is 0 Å². The van der Waals surface area contributed by atoms with Gasteiger partial charge in [0, 0.05) is 15.9 Å². The molecule has 0 saturated heterocycles. The molecule has 0 amide bonds. The van der Waals surface area contributed by atoms with E-state index in [0.717, 1.165) is 5.92 Å². The lowest BCUT2D eigenvalue weighted by atomic mass is 9.74. The minimum absolute atomic E-state index is 0.292. The number of benzene rings is 1. The van der Waals surface area contributed by atoms with E-state index in [1.54, 1.807) is 0 Å². The lowest BCUT2D eigenvalue weighted by Crippen LogP contribution is -2.30. The Kier molecular flexibility index (Phi) is 3.04. The number of hydrogen-bond donors (Lipinski definition) is 1. The third-order valence-electron chi connectivity index (χ3n) is 4.77. The molecule has 0 spiro atoms. The molecule has 1 unspecified atom stereocenters. The fourth-order valence-corrected chi connectivity index (χ4v) is 4.41. The highest BCUT2D eigenvalue weighted by Gasteiger charge is 2.58. The van der Waals surface area contributed by atoms with Gasteiger partial charge in [-0.3, -0.25) is 0 Å². The zero-order valence-electron chi connectivity index (χ0n) is 10.2. The Labute approximate surface area is 112 Å². The molecule has 17 heavy (non-hydrogen) atoms. The molecule has 0 bridgehead atoms. The quantitative estimate of drug-likeness (QED) is 0.876. The standard InChI is InChI=1S/C15H20BrN/c16-13-9-5-4-8-12(13)15(10-14(15)17)11-6-2-1-3-7-11/h4-5,8-9,11,14H,1-3,6-7,10,17H2/t14-,15?/m1/s1. The van der Waals surface area contributed by atoms with Crippen molar-refractivity contribution in [1.82, 2.24) is 0 Å². The molecule has 0 aromatic heterocycles. The zero-order valence-corrected chi connectivity index (χ0v) is 11.7. The van der Waals surface area contributed by atoms with E-state index in [1.165, 1.54) is 48.6 Å². The largest absolute Gasteiger partial charge is 0.327 e. The summed E-state index contributed by atoms with van der Waals surface area (Å²) in [7, 11) is 0. The van der Waals surface area contributed by atoms with Gasteiger partial charge in [0.05, 0.1) is 0 Å². The van der Waals surface area contributed by atoms with E-state index in [2.05, 4.69) is 40.2 Å². The second-order valence-corrected chi connectivity index (χ2v) is 6.52. The normalized spacial score (nSPS) is 33.6. The molecule has 0 radical (unpaired) electrons. The molecule has 1 nitrogen and oxygen atoms in total. The summed E-state index contributed by atoms with van der Waals surface area (Å²) in [6.45, 7) is 0. The summed E-state index contributed by atoms with van der Waals surface area (Å²) in [4.78, 5) is 0. The third kappa shape index (κ3) is 1.86. The topological polar surface area (TPSA) is 26.0 Å². The van der Waals surface area contributed by atoms with E-state index in [1.807, 2.05) is 0 Å². The van der Waals surface area contributed by atoms with Crippen LogP contribution in [0.3, 0.4) is 0 Å². The monoisotopic (exact) mass is 293 g/mol. The van der Waals surface area contributed by atoms with Gasteiger partial charge < -0.3 is 5.73 Å². The van der Waals surface area contributed by atoms with Gasteiger partial charge in [-0.25, -0.2) is 0 Å². The van der Waals surface area contributed by atoms with Gasteiger partial charge >= 0.3 is 0 Å². The first-order valence-electron chi connectivity index (χ1n) is 6.76. The van der Waals surface area contributed by atoms with Crippen molar-refractivity contribution >= 4 is 15.9 Å². The van der Waals surface area contributed by atoms with Crippen LogP contribution in [0.2, 0.25) is 0 Å². The van der Waals surface area contributed by atoms with E-state index < -0.39 is 0 Å². The van der Waals surface area contributed by atoms with Crippen LogP contribution in [-0.2, 0) is 5.41 Å². The molecule has 2 heteroatoms. The van der Waals surface area contributed by atoms with Gasteiger partial charge in [0.1, 0.15) is 0 Å². The highest BCUT2D eigenvalue weighted by Crippen LogP contribution is 2.58. The predicted octanol–water partition coefficient (Wildman–Crippen LogP) is 4.00. The van der Waals surface area contributed by atoms with E-state index >= 15 is 0 Å². The van der Waals surface area contributed by atoms with Crippen LogP contribution in [0, 0.1) is 5.92 Å². The molecule has 2 aliphatic rings. The molecule has 2 saturated carbocycles. The van der Waals surface area contributed by atoms with Crippen LogP contribution in [0.1, 0.15) is 44.1 Å². The van der Waals surface area contributed by atoms with Crippen LogP contribution in [0.4, 0.5) is 0 Å². The maximum atomic E-state index is 6.31. The highest BCUT2D eigenvalue weighted by molar-refractivity contribution is 9.10. The van der Waals surface area contributed by atoms with Gasteiger partial charge in [0.25, 0.3) is 0 Å². The molecule has 3 rings (SSSR count). The molecule has 92 valence electrons.